The number of imidazole rings is 1. The van der Waals surface area contributed by atoms with Crippen molar-refractivity contribution in [3.8, 4) is 22.9 Å². The van der Waals surface area contributed by atoms with E-state index in [4.69, 9.17) is 9.47 Å². The third-order valence-electron chi connectivity index (χ3n) is 3.40. The van der Waals surface area contributed by atoms with Gasteiger partial charge in [-0.25, -0.2) is 4.98 Å². The predicted molar refractivity (Wildman–Crippen MR) is 71.5 cm³/mol. The third kappa shape index (κ3) is 1.50. The minimum Gasteiger partial charge on any atom is -0.454 e. The molecule has 19 heavy (non-hydrogen) atoms. The molecule has 4 nitrogen and oxygen atoms in total. The van der Waals surface area contributed by atoms with Gasteiger partial charge in [-0.2, -0.15) is 0 Å². The SMILES string of the molecule is Cc1cc2c(cc1-c1ncc3ccccn13)OCO2. The Morgan fingerprint density at radius 2 is 2.00 bits per heavy atom. The fourth-order valence-corrected chi connectivity index (χ4v) is 2.43. The lowest BCUT2D eigenvalue weighted by atomic mass is 10.1. The highest BCUT2D eigenvalue weighted by Crippen LogP contribution is 2.38. The lowest BCUT2D eigenvalue weighted by molar-refractivity contribution is 0.174. The molecule has 1 aliphatic rings. The summed E-state index contributed by atoms with van der Waals surface area (Å²) in [7, 11) is 0. The number of ether oxygens (including phenoxy) is 2. The minimum atomic E-state index is 0.292. The topological polar surface area (TPSA) is 35.8 Å². The average molecular weight is 252 g/mol. The van der Waals surface area contributed by atoms with Crippen LogP contribution in [-0.2, 0) is 0 Å². The van der Waals surface area contributed by atoms with Gasteiger partial charge in [0.2, 0.25) is 6.79 Å². The second kappa shape index (κ2) is 3.75. The van der Waals surface area contributed by atoms with E-state index in [2.05, 4.69) is 16.3 Å². The van der Waals surface area contributed by atoms with Crippen LogP contribution in [0.5, 0.6) is 11.5 Å². The Labute approximate surface area is 110 Å². The van der Waals surface area contributed by atoms with Crippen LogP contribution in [0.15, 0.2) is 42.7 Å². The number of hydrogen-bond donors (Lipinski definition) is 0. The Morgan fingerprint density at radius 3 is 2.89 bits per heavy atom. The van der Waals surface area contributed by atoms with Crippen molar-refractivity contribution in [1.29, 1.82) is 0 Å². The van der Waals surface area contributed by atoms with Crippen LogP contribution in [0.3, 0.4) is 0 Å². The Kier molecular flexibility index (Phi) is 2.06. The van der Waals surface area contributed by atoms with Gasteiger partial charge in [-0.1, -0.05) is 6.07 Å². The second-order valence-corrected chi connectivity index (χ2v) is 4.60. The van der Waals surface area contributed by atoms with Crippen molar-refractivity contribution in [1.82, 2.24) is 9.38 Å². The molecule has 0 saturated carbocycles. The molecule has 1 aliphatic heterocycles. The van der Waals surface area contributed by atoms with Gasteiger partial charge in [-0.15, -0.1) is 0 Å². The normalized spacial score (nSPS) is 13.1. The van der Waals surface area contributed by atoms with Gasteiger partial charge in [0.05, 0.1) is 11.7 Å². The average Bonchev–Trinajstić information content (AvgIpc) is 3.03. The first-order valence-corrected chi connectivity index (χ1v) is 6.15. The molecule has 3 aromatic rings. The standard InChI is InChI=1S/C15H12N2O2/c1-10-6-13-14(19-9-18-13)7-12(10)15-16-8-11-4-2-3-5-17(11)15/h2-8H,9H2,1H3. The van der Waals surface area contributed by atoms with Crippen LogP contribution in [0.2, 0.25) is 0 Å². The van der Waals surface area contributed by atoms with Crippen LogP contribution in [-0.4, -0.2) is 16.2 Å². The zero-order valence-corrected chi connectivity index (χ0v) is 10.5. The molecule has 0 spiro atoms. The lowest BCUT2D eigenvalue weighted by Crippen LogP contribution is -1.93. The summed E-state index contributed by atoms with van der Waals surface area (Å²) >= 11 is 0. The van der Waals surface area contributed by atoms with Crippen LogP contribution < -0.4 is 9.47 Å². The van der Waals surface area contributed by atoms with Gasteiger partial charge >= 0.3 is 0 Å². The van der Waals surface area contributed by atoms with Gasteiger partial charge in [0, 0.05) is 11.8 Å². The molecule has 0 saturated heterocycles. The number of hydrogen-bond acceptors (Lipinski definition) is 3. The van der Waals surface area contributed by atoms with Crippen molar-refractivity contribution in [3.63, 3.8) is 0 Å². The van der Waals surface area contributed by atoms with Crippen LogP contribution >= 0.6 is 0 Å². The molecule has 0 atom stereocenters. The quantitative estimate of drug-likeness (QED) is 0.667. The summed E-state index contributed by atoms with van der Waals surface area (Å²) in [5.41, 5.74) is 3.27. The number of rotatable bonds is 1. The van der Waals surface area contributed by atoms with Crippen molar-refractivity contribution in [3.05, 3.63) is 48.3 Å². The van der Waals surface area contributed by atoms with Crippen molar-refractivity contribution >= 4 is 5.52 Å². The Balaban J connectivity index is 1.97. The van der Waals surface area contributed by atoms with Crippen molar-refractivity contribution in [2.24, 2.45) is 0 Å². The van der Waals surface area contributed by atoms with E-state index >= 15 is 0 Å². The third-order valence-corrected chi connectivity index (χ3v) is 3.40. The van der Waals surface area contributed by atoms with Crippen LogP contribution in [0.1, 0.15) is 5.56 Å². The van der Waals surface area contributed by atoms with E-state index in [-0.39, 0.29) is 0 Å². The number of aryl methyl sites for hydroxylation is 1. The van der Waals surface area contributed by atoms with Gasteiger partial charge in [0.25, 0.3) is 0 Å². The molecule has 0 unspecified atom stereocenters. The number of benzene rings is 1. The molecule has 1 aromatic carbocycles. The van der Waals surface area contributed by atoms with Crippen LogP contribution in [0, 0.1) is 6.92 Å². The molecule has 94 valence electrons. The fourth-order valence-electron chi connectivity index (χ4n) is 2.43. The first-order chi connectivity index (χ1) is 9.33. The zero-order chi connectivity index (χ0) is 12.8. The van der Waals surface area contributed by atoms with Crippen LogP contribution in [0.25, 0.3) is 16.9 Å². The smallest absolute Gasteiger partial charge is 0.231 e. The zero-order valence-electron chi connectivity index (χ0n) is 10.5. The monoisotopic (exact) mass is 252 g/mol. The van der Waals surface area contributed by atoms with E-state index < -0.39 is 0 Å². The number of pyridine rings is 1. The van der Waals surface area contributed by atoms with E-state index in [0.717, 1.165) is 34.0 Å². The fraction of sp³-hybridized carbons (Fsp3) is 0.133. The highest BCUT2D eigenvalue weighted by molar-refractivity contribution is 5.69. The summed E-state index contributed by atoms with van der Waals surface area (Å²) in [6, 6.07) is 10.0. The molecule has 3 heterocycles. The molecule has 0 bridgehead atoms. The van der Waals surface area contributed by atoms with Gasteiger partial charge in [-0.05, 0) is 36.8 Å². The summed E-state index contributed by atoms with van der Waals surface area (Å²) in [4.78, 5) is 4.52. The Morgan fingerprint density at radius 1 is 1.16 bits per heavy atom. The van der Waals surface area contributed by atoms with Crippen molar-refractivity contribution in [2.75, 3.05) is 6.79 Å². The summed E-state index contributed by atoms with van der Waals surface area (Å²) < 4.78 is 12.9. The van der Waals surface area contributed by atoms with E-state index in [9.17, 15) is 0 Å². The molecule has 0 N–H and O–H groups in total. The van der Waals surface area contributed by atoms with Crippen molar-refractivity contribution in [2.45, 2.75) is 6.92 Å². The Hall–Kier alpha value is -2.49. The van der Waals surface area contributed by atoms with E-state index in [1.807, 2.05) is 42.7 Å². The maximum atomic E-state index is 5.44. The summed E-state index contributed by atoms with van der Waals surface area (Å²) in [6.07, 6.45) is 3.89. The molecule has 4 rings (SSSR count). The summed E-state index contributed by atoms with van der Waals surface area (Å²) in [6.45, 7) is 2.35. The second-order valence-electron chi connectivity index (χ2n) is 4.60. The lowest BCUT2D eigenvalue weighted by Gasteiger charge is -2.07. The first-order valence-electron chi connectivity index (χ1n) is 6.15. The van der Waals surface area contributed by atoms with E-state index in [1.54, 1.807) is 0 Å². The van der Waals surface area contributed by atoms with Gasteiger partial charge in [0.15, 0.2) is 11.5 Å². The highest BCUT2D eigenvalue weighted by Gasteiger charge is 2.18. The molecule has 2 aromatic heterocycles. The maximum Gasteiger partial charge on any atom is 0.231 e. The van der Waals surface area contributed by atoms with Crippen molar-refractivity contribution < 1.29 is 9.47 Å². The molecule has 4 heteroatoms. The number of nitrogens with zero attached hydrogens (tertiary/aromatic N) is 2. The number of aromatic nitrogens is 2. The van der Waals surface area contributed by atoms with Gasteiger partial charge in [0.1, 0.15) is 5.82 Å². The van der Waals surface area contributed by atoms with E-state index in [0.29, 0.717) is 6.79 Å². The molecule has 0 amide bonds. The molecule has 0 radical (unpaired) electrons. The summed E-state index contributed by atoms with van der Waals surface area (Å²) in [5, 5.41) is 0. The minimum absolute atomic E-state index is 0.292. The largest absolute Gasteiger partial charge is 0.454 e. The predicted octanol–water partition coefficient (Wildman–Crippen LogP) is 3.04. The Bertz CT molecular complexity index is 777. The number of fused-ring (bicyclic) bond motifs is 2. The van der Waals surface area contributed by atoms with Crippen LogP contribution in [0.4, 0.5) is 0 Å². The molecule has 0 aliphatic carbocycles. The molecular weight excluding hydrogens is 240 g/mol. The molecular formula is C15H12N2O2. The molecule has 0 fully saturated rings. The maximum absolute atomic E-state index is 5.44. The van der Waals surface area contributed by atoms with E-state index in [1.165, 1.54) is 0 Å². The first kappa shape index (κ1) is 10.4. The van der Waals surface area contributed by atoms with Gasteiger partial charge < -0.3 is 9.47 Å². The highest BCUT2D eigenvalue weighted by atomic mass is 16.7. The summed E-state index contributed by atoms with van der Waals surface area (Å²) in [5.74, 6) is 2.52. The van der Waals surface area contributed by atoms with Gasteiger partial charge in [-0.3, -0.25) is 4.40 Å².